The summed E-state index contributed by atoms with van der Waals surface area (Å²) in [7, 11) is 0. The van der Waals surface area contributed by atoms with Gasteiger partial charge < -0.3 is 5.32 Å². The summed E-state index contributed by atoms with van der Waals surface area (Å²) in [5.41, 5.74) is 3.17. The van der Waals surface area contributed by atoms with Gasteiger partial charge in [0, 0.05) is 6.20 Å². The largest absolute Gasteiger partial charge is 0.348 e. The van der Waals surface area contributed by atoms with Gasteiger partial charge >= 0.3 is 0 Å². The molecule has 0 aliphatic heterocycles. The van der Waals surface area contributed by atoms with Crippen molar-refractivity contribution in [2.75, 3.05) is 5.32 Å². The first kappa shape index (κ1) is 14.4. The van der Waals surface area contributed by atoms with Crippen LogP contribution in [0.15, 0.2) is 73.2 Å². The third kappa shape index (κ3) is 2.72. The zero-order valence-corrected chi connectivity index (χ0v) is 13.3. The second kappa shape index (κ2) is 6.12. The second-order valence-electron chi connectivity index (χ2n) is 5.62. The number of rotatable bonds is 4. The highest BCUT2D eigenvalue weighted by Gasteiger charge is 2.09. The number of hydrogen-bond donors (Lipinski definition) is 1. The van der Waals surface area contributed by atoms with Crippen LogP contribution < -0.4 is 5.32 Å². The molecule has 1 N–H and O–H groups in total. The molecule has 4 rings (SSSR count). The van der Waals surface area contributed by atoms with Gasteiger partial charge in [0.05, 0.1) is 17.1 Å². The first-order chi connectivity index (χ1) is 11.8. The van der Waals surface area contributed by atoms with Crippen LogP contribution in [0.3, 0.4) is 0 Å². The van der Waals surface area contributed by atoms with Crippen LogP contribution in [0.5, 0.6) is 0 Å². The molecule has 2 aromatic carbocycles. The molecule has 0 amide bonds. The van der Waals surface area contributed by atoms with Crippen molar-refractivity contribution >= 4 is 17.0 Å². The molecule has 118 valence electrons. The third-order valence-corrected chi connectivity index (χ3v) is 3.99. The Balaban J connectivity index is 1.64. The Hall–Kier alpha value is -3.21. The molecule has 1 atom stereocenters. The highest BCUT2D eigenvalue weighted by Crippen LogP contribution is 2.19. The predicted octanol–water partition coefficient (Wildman–Crippen LogP) is 3.99. The molecule has 0 saturated heterocycles. The number of nitrogens with one attached hydrogen (secondary N) is 1. The molecule has 2 heterocycles. The first-order valence-electron chi connectivity index (χ1n) is 7.88. The SMILES string of the molecule is CC(Nc1nccc(-n2cnc3ccccc32)n1)c1ccccc1. The van der Waals surface area contributed by atoms with Gasteiger partial charge in [-0.2, -0.15) is 4.98 Å². The van der Waals surface area contributed by atoms with Crippen LogP contribution >= 0.6 is 0 Å². The molecular formula is C19H17N5. The maximum Gasteiger partial charge on any atom is 0.225 e. The number of imidazole rings is 1. The van der Waals surface area contributed by atoms with Gasteiger partial charge in [0.1, 0.15) is 12.1 Å². The number of hydrogen-bond acceptors (Lipinski definition) is 4. The lowest BCUT2D eigenvalue weighted by Gasteiger charge is -2.14. The Morgan fingerprint density at radius 1 is 0.917 bits per heavy atom. The van der Waals surface area contributed by atoms with Gasteiger partial charge in [0.15, 0.2) is 0 Å². The highest BCUT2D eigenvalue weighted by molar-refractivity contribution is 5.76. The minimum absolute atomic E-state index is 0.126. The smallest absolute Gasteiger partial charge is 0.225 e. The van der Waals surface area contributed by atoms with E-state index in [1.807, 2.05) is 53.1 Å². The van der Waals surface area contributed by atoms with Crippen LogP contribution in [0.4, 0.5) is 5.95 Å². The van der Waals surface area contributed by atoms with Gasteiger partial charge in [0.2, 0.25) is 5.95 Å². The fourth-order valence-electron chi connectivity index (χ4n) is 2.71. The predicted molar refractivity (Wildman–Crippen MR) is 95.1 cm³/mol. The third-order valence-electron chi connectivity index (χ3n) is 3.99. The van der Waals surface area contributed by atoms with Crippen LogP contribution in [0.2, 0.25) is 0 Å². The summed E-state index contributed by atoms with van der Waals surface area (Å²) in [4.78, 5) is 13.4. The van der Waals surface area contributed by atoms with Crippen LogP contribution in [0, 0.1) is 0 Å². The fraction of sp³-hybridized carbons (Fsp3) is 0.105. The van der Waals surface area contributed by atoms with E-state index < -0.39 is 0 Å². The zero-order chi connectivity index (χ0) is 16.4. The summed E-state index contributed by atoms with van der Waals surface area (Å²) in [5, 5.41) is 3.35. The monoisotopic (exact) mass is 315 g/mol. The molecular weight excluding hydrogens is 298 g/mol. The number of nitrogens with zero attached hydrogens (tertiary/aromatic N) is 4. The first-order valence-corrected chi connectivity index (χ1v) is 7.88. The lowest BCUT2D eigenvalue weighted by molar-refractivity contribution is 0.854. The van der Waals surface area contributed by atoms with Crippen molar-refractivity contribution in [3.05, 3.63) is 78.8 Å². The van der Waals surface area contributed by atoms with Crippen LogP contribution in [-0.4, -0.2) is 19.5 Å². The number of aromatic nitrogens is 4. The second-order valence-corrected chi connectivity index (χ2v) is 5.62. The van der Waals surface area contributed by atoms with E-state index in [0.29, 0.717) is 5.95 Å². The van der Waals surface area contributed by atoms with Gasteiger partial charge in [-0.05, 0) is 30.7 Å². The fourth-order valence-corrected chi connectivity index (χ4v) is 2.71. The Kier molecular flexibility index (Phi) is 3.67. The lowest BCUT2D eigenvalue weighted by atomic mass is 10.1. The van der Waals surface area contributed by atoms with E-state index in [4.69, 9.17) is 0 Å². The maximum atomic E-state index is 4.63. The Morgan fingerprint density at radius 3 is 2.58 bits per heavy atom. The number of fused-ring (bicyclic) bond motifs is 1. The average molecular weight is 315 g/mol. The van der Waals surface area contributed by atoms with E-state index in [1.54, 1.807) is 12.5 Å². The molecule has 2 aromatic heterocycles. The van der Waals surface area contributed by atoms with E-state index in [0.717, 1.165) is 16.9 Å². The molecule has 0 bridgehead atoms. The summed E-state index contributed by atoms with van der Waals surface area (Å²) in [6.45, 7) is 2.10. The van der Waals surface area contributed by atoms with Gasteiger partial charge in [-0.15, -0.1) is 0 Å². The summed E-state index contributed by atoms with van der Waals surface area (Å²) in [6, 6.07) is 20.3. The van der Waals surface area contributed by atoms with Crippen LogP contribution in [0.25, 0.3) is 16.9 Å². The molecule has 0 aliphatic rings. The Labute approximate surface area is 140 Å². The van der Waals surface area contributed by atoms with Crippen molar-refractivity contribution in [1.82, 2.24) is 19.5 Å². The number of para-hydroxylation sites is 2. The quantitative estimate of drug-likeness (QED) is 0.619. The van der Waals surface area contributed by atoms with E-state index in [1.165, 1.54) is 5.56 Å². The number of anilines is 1. The minimum atomic E-state index is 0.126. The van der Waals surface area contributed by atoms with Gasteiger partial charge in [-0.3, -0.25) is 4.57 Å². The minimum Gasteiger partial charge on any atom is -0.348 e. The summed E-state index contributed by atoms with van der Waals surface area (Å²) in [6.07, 6.45) is 3.55. The van der Waals surface area contributed by atoms with Crippen LogP contribution in [0.1, 0.15) is 18.5 Å². The highest BCUT2D eigenvalue weighted by atomic mass is 15.2. The summed E-state index contributed by atoms with van der Waals surface area (Å²) in [5.74, 6) is 1.39. The topological polar surface area (TPSA) is 55.6 Å². The Bertz CT molecular complexity index is 962. The van der Waals surface area contributed by atoms with Gasteiger partial charge in [-0.25, -0.2) is 9.97 Å². The van der Waals surface area contributed by atoms with Gasteiger partial charge in [0.25, 0.3) is 0 Å². The molecule has 0 aliphatic carbocycles. The standard InChI is InChI=1S/C19H17N5/c1-14(15-7-3-2-4-8-15)22-19-20-12-11-18(23-19)24-13-21-16-9-5-6-10-17(16)24/h2-14H,1H3,(H,20,22,23). The summed E-state index contributed by atoms with van der Waals surface area (Å²) < 4.78 is 1.97. The maximum absolute atomic E-state index is 4.63. The molecule has 5 nitrogen and oxygen atoms in total. The van der Waals surface area contributed by atoms with Crippen molar-refractivity contribution in [2.45, 2.75) is 13.0 Å². The van der Waals surface area contributed by atoms with Crippen molar-refractivity contribution in [3.8, 4) is 5.82 Å². The lowest BCUT2D eigenvalue weighted by Crippen LogP contribution is -2.10. The number of benzene rings is 2. The molecule has 4 aromatic rings. The van der Waals surface area contributed by atoms with Crippen LogP contribution in [-0.2, 0) is 0 Å². The van der Waals surface area contributed by atoms with E-state index in [9.17, 15) is 0 Å². The van der Waals surface area contributed by atoms with E-state index in [2.05, 4.69) is 39.3 Å². The zero-order valence-electron chi connectivity index (χ0n) is 13.3. The molecule has 0 radical (unpaired) electrons. The normalized spacial score (nSPS) is 12.2. The molecule has 0 spiro atoms. The Morgan fingerprint density at radius 2 is 1.71 bits per heavy atom. The van der Waals surface area contributed by atoms with Crippen molar-refractivity contribution in [2.24, 2.45) is 0 Å². The average Bonchev–Trinajstić information content (AvgIpc) is 3.07. The molecule has 0 saturated carbocycles. The van der Waals surface area contributed by atoms with Crippen molar-refractivity contribution < 1.29 is 0 Å². The molecule has 0 fully saturated rings. The molecule has 5 heteroatoms. The molecule has 24 heavy (non-hydrogen) atoms. The van der Waals surface area contributed by atoms with Crippen molar-refractivity contribution in [3.63, 3.8) is 0 Å². The van der Waals surface area contributed by atoms with E-state index >= 15 is 0 Å². The van der Waals surface area contributed by atoms with Gasteiger partial charge in [-0.1, -0.05) is 42.5 Å². The summed E-state index contributed by atoms with van der Waals surface area (Å²) >= 11 is 0. The van der Waals surface area contributed by atoms with Crippen molar-refractivity contribution in [1.29, 1.82) is 0 Å². The molecule has 1 unspecified atom stereocenters. The van der Waals surface area contributed by atoms with E-state index in [-0.39, 0.29) is 6.04 Å².